The van der Waals surface area contributed by atoms with Crippen LogP contribution in [0.4, 0.5) is 8.78 Å². The minimum Gasteiger partial charge on any atom is -0.481 e. The Morgan fingerprint density at radius 2 is 2.12 bits per heavy atom. The molecule has 1 heterocycles. The summed E-state index contributed by atoms with van der Waals surface area (Å²) in [5.41, 5.74) is 0.318. The molecule has 1 aromatic carbocycles. The number of rotatable bonds is 4. The van der Waals surface area contributed by atoms with Crippen molar-refractivity contribution in [2.24, 2.45) is 5.92 Å². The Bertz CT molecular complexity index is 431. The van der Waals surface area contributed by atoms with E-state index in [1.54, 1.807) is 0 Å². The summed E-state index contributed by atoms with van der Waals surface area (Å²) in [4.78, 5) is 12.3. The van der Waals surface area contributed by atoms with Crippen molar-refractivity contribution in [2.75, 3.05) is 13.1 Å². The van der Waals surface area contributed by atoms with Gasteiger partial charge in [-0.2, -0.15) is 0 Å². The molecule has 5 heteroatoms. The normalized spacial score (nSPS) is 16.8. The lowest BCUT2D eigenvalue weighted by Crippen LogP contribution is -2.46. The van der Waals surface area contributed by atoms with E-state index in [1.807, 2.05) is 4.90 Å². The highest BCUT2D eigenvalue weighted by molar-refractivity contribution is 5.67. The third-order valence-electron chi connectivity index (χ3n) is 2.90. The standard InChI is InChI=1S/C12H13F2NO2/c13-10-1-2-11(14)9(4-10)7-15-5-8(6-15)3-12(16)17/h1-2,4,8H,3,5-7H2,(H,16,17). The number of likely N-dealkylation sites (tertiary alicyclic amines) is 1. The molecule has 92 valence electrons. The topological polar surface area (TPSA) is 40.5 Å². The van der Waals surface area contributed by atoms with Gasteiger partial charge in [-0.1, -0.05) is 0 Å². The zero-order valence-electron chi connectivity index (χ0n) is 9.20. The number of carboxylic acids is 1. The zero-order chi connectivity index (χ0) is 12.4. The third kappa shape index (κ3) is 3.00. The molecule has 0 unspecified atom stereocenters. The second kappa shape index (κ2) is 4.79. The van der Waals surface area contributed by atoms with Gasteiger partial charge in [-0.05, 0) is 24.1 Å². The quantitative estimate of drug-likeness (QED) is 0.874. The van der Waals surface area contributed by atoms with Crippen LogP contribution in [-0.2, 0) is 11.3 Å². The summed E-state index contributed by atoms with van der Waals surface area (Å²) >= 11 is 0. The van der Waals surface area contributed by atoms with Gasteiger partial charge in [-0.15, -0.1) is 0 Å². The van der Waals surface area contributed by atoms with Crippen LogP contribution in [0.5, 0.6) is 0 Å². The highest BCUT2D eigenvalue weighted by Gasteiger charge is 2.28. The van der Waals surface area contributed by atoms with E-state index in [2.05, 4.69) is 0 Å². The monoisotopic (exact) mass is 241 g/mol. The zero-order valence-corrected chi connectivity index (χ0v) is 9.20. The number of nitrogens with zero attached hydrogens (tertiary/aromatic N) is 1. The van der Waals surface area contributed by atoms with Crippen molar-refractivity contribution >= 4 is 5.97 Å². The van der Waals surface area contributed by atoms with Crippen molar-refractivity contribution in [3.05, 3.63) is 35.4 Å². The number of hydrogen-bond acceptors (Lipinski definition) is 2. The average Bonchev–Trinajstić information content (AvgIpc) is 2.19. The molecule has 2 rings (SSSR count). The molecule has 0 bridgehead atoms. The molecule has 0 atom stereocenters. The number of hydrogen-bond donors (Lipinski definition) is 1. The summed E-state index contributed by atoms with van der Waals surface area (Å²) in [6, 6.07) is 3.38. The fourth-order valence-electron chi connectivity index (χ4n) is 2.09. The van der Waals surface area contributed by atoms with Crippen LogP contribution in [0.3, 0.4) is 0 Å². The average molecular weight is 241 g/mol. The van der Waals surface area contributed by atoms with Gasteiger partial charge in [-0.25, -0.2) is 8.78 Å². The van der Waals surface area contributed by atoms with Crippen molar-refractivity contribution in [1.82, 2.24) is 4.90 Å². The summed E-state index contributed by atoms with van der Waals surface area (Å²) in [6.45, 7) is 1.59. The van der Waals surface area contributed by atoms with Crippen LogP contribution in [0, 0.1) is 17.6 Å². The maximum Gasteiger partial charge on any atom is 0.303 e. The summed E-state index contributed by atoms with van der Waals surface area (Å²) in [6.07, 6.45) is 0.141. The molecule has 0 amide bonds. The van der Waals surface area contributed by atoms with Crippen LogP contribution in [0.1, 0.15) is 12.0 Å². The fraction of sp³-hybridized carbons (Fsp3) is 0.417. The smallest absolute Gasteiger partial charge is 0.303 e. The van der Waals surface area contributed by atoms with Crippen LogP contribution < -0.4 is 0 Å². The van der Waals surface area contributed by atoms with Crippen molar-refractivity contribution in [3.8, 4) is 0 Å². The molecule has 0 radical (unpaired) electrons. The Balaban J connectivity index is 1.87. The van der Waals surface area contributed by atoms with Gasteiger partial charge in [0.1, 0.15) is 11.6 Å². The van der Waals surface area contributed by atoms with Crippen molar-refractivity contribution in [2.45, 2.75) is 13.0 Å². The maximum atomic E-state index is 13.3. The van der Waals surface area contributed by atoms with Gasteiger partial charge < -0.3 is 5.11 Å². The SMILES string of the molecule is O=C(O)CC1CN(Cc2cc(F)ccc2F)C1. The van der Waals surface area contributed by atoms with Crippen molar-refractivity contribution in [3.63, 3.8) is 0 Å². The first-order valence-corrected chi connectivity index (χ1v) is 5.42. The lowest BCUT2D eigenvalue weighted by Gasteiger charge is -2.38. The van der Waals surface area contributed by atoms with Crippen LogP contribution in [0.2, 0.25) is 0 Å². The van der Waals surface area contributed by atoms with E-state index in [9.17, 15) is 13.6 Å². The van der Waals surface area contributed by atoms with E-state index >= 15 is 0 Å². The molecule has 0 saturated carbocycles. The second-order valence-electron chi connectivity index (χ2n) is 4.39. The molecular formula is C12H13F2NO2. The Morgan fingerprint density at radius 3 is 2.76 bits per heavy atom. The summed E-state index contributed by atoms with van der Waals surface area (Å²) in [5, 5.41) is 8.58. The van der Waals surface area contributed by atoms with Gasteiger partial charge in [-0.3, -0.25) is 9.69 Å². The third-order valence-corrected chi connectivity index (χ3v) is 2.90. The Hall–Kier alpha value is -1.49. The Labute approximate surface area is 97.7 Å². The predicted octanol–water partition coefficient (Wildman–Crippen LogP) is 1.87. The molecule has 1 N–H and O–H groups in total. The Kier molecular flexibility index (Phi) is 3.38. The van der Waals surface area contributed by atoms with E-state index in [-0.39, 0.29) is 12.3 Å². The molecule has 17 heavy (non-hydrogen) atoms. The number of aliphatic carboxylic acids is 1. The lowest BCUT2D eigenvalue weighted by molar-refractivity contribution is -0.139. The minimum atomic E-state index is -0.813. The van der Waals surface area contributed by atoms with Crippen molar-refractivity contribution in [1.29, 1.82) is 0 Å². The van der Waals surface area contributed by atoms with Gasteiger partial charge in [0.05, 0.1) is 6.42 Å². The first-order chi connectivity index (χ1) is 8.04. The molecule has 0 aromatic heterocycles. The van der Waals surface area contributed by atoms with E-state index in [1.165, 1.54) is 6.07 Å². The predicted molar refractivity (Wildman–Crippen MR) is 57.4 cm³/mol. The first-order valence-electron chi connectivity index (χ1n) is 5.42. The molecule has 3 nitrogen and oxygen atoms in total. The van der Waals surface area contributed by atoms with E-state index in [4.69, 9.17) is 5.11 Å². The fourth-order valence-corrected chi connectivity index (χ4v) is 2.09. The van der Waals surface area contributed by atoms with E-state index in [0.717, 1.165) is 12.1 Å². The van der Waals surface area contributed by atoms with E-state index < -0.39 is 17.6 Å². The molecule has 0 aliphatic carbocycles. The molecule has 1 aliphatic heterocycles. The Morgan fingerprint density at radius 1 is 1.41 bits per heavy atom. The number of carbonyl (C=O) groups is 1. The van der Waals surface area contributed by atoms with Crippen LogP contribution in [0.25, 0.3) is 0 Å². The molecule has 1 saturated heterocycles. The van der Waals surface area contributed by atoms with Crippen molar-refractivity contribution < 1.29 is 18.7 Å². The molecular weight excluding hydrogens is 228 g/mol. The minimum absolute atomic E-state index is 0.129. The number of halogens is 2. The van der Waals surface area contributed by atoms with Gasteiger partial charge in [0.2, 0.25) is 0 Å². The largest absolute Gasteiger partial charge is 0.481 e. The highest BCUT2D eigenvalue weighted by atomic mass is 19.1. The lowest BCUT2D eigenvalue weighted by atomic mass is 9.96. The van der Waals surface area contributed by atoms with Crippen LogP contribution >= 0.6 is 0 Å². The van der Waals surface area contributed by atoms with Gasteiger partial charge in [0.25, 0.3) is 0 Å². The van der Waals surface area contributed by atoms with Gasteiger partial charge >= 0.3 is 5.97 Å². The highest BCUT2D eigenvalue weighted by Crippen LogP contribution is 2.22. The number of benzene rings is 1. The summed E-state index contributed by atoms with van der Waals surface area (Å²) in [7, 11) is 0. The maximum absolute atomic E-state index is 13.3. The van der Waals surface area contributed by atoms with Crippen LogP contribution in [-0.4, -0.2) is 29.1 Å². The molecule has 1 aromatic rings. The molecule has 0 spiro atoms. The molecule has 1 fully saturated rings. The summed E-state index contributed by atoms with van der Waals surface area (Å²) < 4.78 is 26.2. The molecule has 1 aliphatic rings. The summed E-state index contributed by atoms with van der Waals surface area (Å²) in [5.74, 6) is -1.56. The first kappa shape index (κ1) is 12.0. The number of carboxylic acid groups (broad SMARTS) is 1. The van der Waals surface area contributed by atoms with Gasteiger partial charge in [0, 0.05) is 25.2 Å². The van der Waals surface area contributed by atoms with Gasteiger partial charge in [0.15, 0.2) is 0 Å². The van der Waals surface area contributed by atoms with Crippen LogP contribution in [0.15, 0.2) is 18.2 Å². The van der Waals surface area contributed by atoms with E-state index in [0.29, 0.717) is 25.2 Å². The second-order valence-corrected chi connectivity index (χ2v) is 4.39.